The second-order valence-electron chi connectivity index (χ2n) is 6.47. The molecule has 3 rings (SSSR count). The lowest BCUT2D eigenvalue weighted by atomic mass is 10.0. The Balaban J connectivity index is 1.58. The summed E-state index contributed by atoms with van der Waals surface area (Å²) in [4.78, 5) is 6.67. The first-order chi connectivity index (χ1) is 11.4. The van der Waals surface area contributed by atoms with Crippen molar-refractivity contribution >= 4 is 10.0 Å². The summed E-state index contributed by atoms with van der Waals surface area (Å²) < 4.78 is 38.5. The molecule has 0 bridgehead atoms. The highest BCUT2D eigenvalue weighted by atomic mass is 32.2. The molecule has 2 aliphatic heterocycles. The van der Waals surface area contributed by atoms with Gasteiger partial charge in [0.05, 0.1) is 51.2 Å². The first kappa shape index (κ1) is 17.8. The van der Waals surface area contributed by atoms with Crippen molar-refractivity contribution in [1.29, 1.82) is 0 Å². The Labute approximate surface area is 143 Å². The molecule has 0 spiro atoms. The lowest BCUT2D eigenvalue weighted by Gasteiger charge is -2.31. The van der Waals surface area contributed by atoms with Crippen molar-refractivity contribution in [3.8, 4) is 0 Å². The molecule has 0 amide bonds. The average molecular weight is 358 g/mol. The Bertz CT molecular complexity index is 654. The maximum absolute atomic E-state index is 11.9. The molecule has 0 radical (unpaired) electrons. The quantitative estimate of drug-likeness (QED) is 0.646. The first-order valence-electron chi connectivity index (χ1n) is 8.28. The van der Waals surface area contributed by atoms with E-state index in [9.17, 15) is 8.42 Å². The van der Waals surface area contributed by atoms with E-state index in [1.165, 1.54) is 10.6 Å². The van der Waals surface area contributed by atoms with Crippen molar-refractivity contribution in [2.24, 2.45) is 7.05 Å². The number of rotatable bonds is 6. The lowest BCUT2D eigenvalue weighted by molar-refractivity contribution is 0.0176. The highest BCUT2D eigenvalue weighted by Gasteiger charge is 2.33. The summed E-state index contributed by atoms with van der Waals surface area (Å²) in [6, 6.07) is 0. The van der Waals surface area contributed by atoms with E-state index in [1.54, 1.807) is 6.33 Å². The van der Waals surface area contributed by atoms with E-state index in [4.69, 9.17) is 9.47 Å². The van der Waals surface area contributed by atoms with Crippen LogP contribution in [0.5, 0.6) is 0 Å². The predicted octanol–water partition coefficient (Wildman–Crippen LogP) is -0.372. The van der Waals surface area contributed by atoms with Crippen LogP contribution in [-0.4, -0.2) is 86.0 Å². The number of aromatic nitrogens is 2. The van der Waals surface area contributed by atoms with Gasteiger partial charge in [0, 0.05) is 44.8 Å². The van der Waals surface area contributed by atoms with Crippen LogP contribution in [0.2, 0.25) is 0 Å². The van der Waals surface area contributed by atoms with Gasteiger partial charge < -0.3 is 14.0 Å². The van der Waals surface area contributed by atoms with Gasteiger partial charge in [-0.2, -0.15) is 4.31 Å². The number of aryl methyl sites for hydroxylation is 1. The van der Waals surface area contributed by atoms with Gasteiger partial charge in [-0.05, 0) is 0 Å². The van der Waals surface area contributed by atoms with E-state index in [0.29, 0.717) is 26.3 Å². The second-order valence-corrected chi connectivity index (χ2v) is 8.45. The van der Waals surface area contributed by atoms with E-state index >= 15 is 0 Å². The normalized spacial score (nSPS) is 23.3. The maximum atomic E-state index is 11.9. The zero-order valence-electron chi connectivity index (χ0n) is 14.3. The van der Waals surface area contributed by atoms with E-state index < -0.39 is 10.0 Å². The number of hydrogen-bond donors (Lipinski definition) is 0. The Morgan fingerprint density at radius 2 is 2.12 bits per heavy atom. The van der Waals surface area contributed by atoms with Crippen LogP contribution in [0, 0.1) is 0 Å². The standard InChI is InChI=1S/C15H26N4O4S/c1-17-12-16-14-10-19(24(2,20)21)9-13(15(14)17)11-23-8-5-18-3-6-22-7-4-18/h12-13H,3-11H2,1-2H3. The van der Waals surface area contributed by atoms with Crippen LogP contribution in [0.25, 0.3) is 0 Å². The monoisotopic (exact) mass is 358 g/mol. The summed E-state index contributed by atoms with van der Waals surface area (Å²) in [6.45, 7) is 6.27. The van der Waals surface area contributed by atoms with Gasteiger partial charge in [0.25, 0.3) is 0 Å². The molecule has 9 heteroatoms. The zero-order valence-corrected chi connectivity index (χ0v) is 15.2. The van der Waals surface area contributed by atoms with Crippen LogP contribution >= 0.6 is 0 Å². The maximum Gasteiger partial charge on any atom is 0.211 e. The fourth-order valence-electron chi connectivity index (χ4n) is 3.33. The van der Waals surface area contributed by atoms with E-state index in [1.807, 2.05) is 11.6 Å². The Morgan fingerprint density at radius 1 is 1.38 bits per heavy atom. The van der Waals surface area contributed by atoms with Gasteiger partial charge >= 0.3 is 0 Å². The van der Waals surface area contributed by atoms with Crippen molar-refractivity contribution in [3.63, 3.8) is 0 Å². The van der Waals surface area contributed by atoms with Gasteiger partial charge in [0.1, 0.15) is 0 Å². The first-order valence-corrected chi connectivity index (χ1v) is 10.1. The third kappa shape index (κ3) is 4.15. The minimum Gasteiger partial charge on any atom is -0.379 e. The molecular weight excluding hydrogens is 332 g/mol. The van der Waals surface area contributed by atoms with Crippen LogP contribution in [0.3, 0.4) is 0 Å². The van der Waals surface area contributed by atoms with Gasteiger partial charge in [0.2, 0.25) is 10.0 Å². The highest BCUT2D eigenvalue weighted by Crippen LogP contribution is 2.28. The number of hydrogen-bond acceptors (Lipinski definition) is 6. The Hall–Kier alpha value is -1.00. The molecule has 0 aliphatic carbocycles. The predicted molar refractivity (Wildman–Crippen MR) is 89.3 cm³/mol. The van der Waals surface area contributed by atoms with Gasteiger partial charge in [-0.1, -0.05) is 0 Å². The molecule has 0 aromatic carbocycles. The van der Waals surface area contributed by atoms with Crippen LogP contribution < -0.4 is 0 Å². The van der Waals surface area contributed by atoms with Crippen molar-refractivity contribution < 1.29 is 17.9 Å². The van der Waals surface area contributed by atoms with Crippen molar-refractivity contribution in [2.45, 2.75) is 12.5 Å². The smallest absolute Gasteiger partial charge is 0.211 e. The average Bonchev–Trinajstić information content (AvgIpc) is 2.93. The molecule has 0 saturated carbocycles. The summed E-state index contributed by atoms with van der Waals surface area (Å²) in [5.41, 5.74) is 1.91. The Kier molecular flexibility index (Phi) is 5.56. The topological polar surface area (TPSA) is 76.9 Å². The molecule has 3 heterocycles. The molecule has 1 fully saturated rings. The summed E-state index contributed by atoms with van der Waals surface area (Å²) >= 11 is 0. The molecule has 1 aromatic heterocycles. The van der Waals surface area contributed by atoms with Gasteiger partial charge in [-0.25, -0.2) is 13.4 Å². The molecule has 8 nitrogen and oxygen atoms in total. The number of imidazole rings is 1. The third-order valence-electron chi connectivity index (χ3n) is 4.64. The fraction of sp³-hybridized carbons (Fsp3) is 0.800. The number of morpholine rings is 1. The number of sulfonamides is 1. The summed E-state index contributed by atoms with van der Waals surface area (Å²) in [5, 5.41) is 0. The number of nitrogens with zero attached hydrogens (tertiary/aromatic N) is 4. The van der Waals surface area contributed by atoms with Crippen LogP contribution in [0.15, 0.2) is 6.33 Å². The van der Waals surface area contributed by atoms with E-state index in [2.05, 4.69) is 9.88 Å². The SMILES string of the molecule is Cn1cnc2c1C(COCCN1CCOCC1)CN(S(C)(=O)=O)C2. The van der Waals surface area contributed by atoms with Crippen molar-refractivity contribution in [1.82, 2.24) is 18.8 Å². The summed E-state index contributed by atoms with van der Waals surface area (Å²) in [7, 11) is -1.29. The molecule has 1 unspecified atom stereocenters. The van der Waals surface area contributed by atoms with E-state index in [0.717, 1.165) is 44.2 Å². The minimum absolute atomic E-state index is 0.0145. The van der Waals surface area contributed by atoms with Gasteiger partial charge in [-0.3, -0.25) is 4.90 Å². The molecule has 24 heavy (non-hydrogen) atoms. The third-order valence-corrected chi connectivity index (χ3v) is 5.86. The molecular formula is C15H26N4O4S. The van der Waals surface area contributed by atoms with Crippen LogP contribution in [-0.2, 0) is 33.1 Å². The largest absolute Gasteiger partial charge is 0.379 e. The second kappa shape index (κ2) is 7.49. The Morgan fingerprint density at radius 3 is 2.83 bits per heavy atom. The summed E-state index contributed by atoms with van der Waals surface area (Å²) in [5.74, 6) is 0.0145. The molecule has 1 atom stereocenters. The molecule has 136 valence electrons. The number of ether oxygens (including phenoxy) is 2. The molecule has 2 aliphatic rings. The molecule has 1 aromatic rings. The van der Waals surface area contributed by atoms with Gasteiger partial charge in [-0.15, -0.1) is 0 Å². The lowest BCUT2D eigenvalue weighted by Crippen LogP contribution is -2.40. The molecule has 1 saturated heterocycles. The van der Waals surface area contributed by atoms with Crippen molar-refractivity contribution in [3.05, 3.63) is 17.7 Å². The van der Waals surface area contributed by atoms with Crippen molar-refractivity contribution in [2.75, 3.05) is 58.9 Å². The van der Waals surface area contributed by atoms with Gasteiger partial charge in [0.15, 0.2) is 0 Å². The zero-order chi connectivity index (χ0) is 17.2. The van der Waals surface area contributed by atoms with E-state index in [-0.39, 0.29) is 5.92 Å². The fourth-order valence-corrected chi connectivity index (χ4v) is 4.13. The highest BCUT2D eigenvalue weighted by molar-refractivity contribution is 7.88. The van der Waals surface area contributed by atoms with Crippen LogP contribution in [0.1, 0.15) is 17.3 Å². The summed E-state index contributed by atoms with van der Waals surface area (Å²) in [6.07, 6.45) is 2.99. The number of fused-ring (bicyclic) bond motifs is 1. The minimum atomic E-state index is -3.23. The molecule has 0 N–H and O–H groups in total. The van der Waals surface area contributed by atoms with Crippen LogP contribution in [0.4, 0.5) is 0 Å².